The van der Waals surface area contributed by atoms with Crippen LogP contribution in [0.25, 0.3) is 17.1 Å². The predicted molar refractivity (Wildman–Crippen MR) is 125 cm³/mol. The van der Waals surface area contributed by atoms with Gasteiger partial charge in [-0.05, 0) is 56.2 Å². The van der Waals surface area contributed by atoms with E-state index >= 15 is 0 Å². The van der Waals surface area contributed by atoms with E-state index in [9.17, 15) is 9.59 Å². The first-order chi connectivity index (χ1) is 14.8. The third-order valence-electron chi connectivity index (χ3n) is 4.78. The number of nitrogens with zero attached hydrogens (tertiary/aromatic N) is 3. The highest BCUT2D eigenvalue weighted by Gasteiger charge is 2.22. The van der Waals surface area contributed by atoms with Crippen LogP contribution in [0.4, 0.5) is 0 Å². The molecule has 0 fully saturated rings. The summed E-state index contributed by atoms with van der Waals surface area (Å²) < 4.78 is 1.92. The zero-order chi connectivity index (χ0) is 22.5. The monoisotopic (exact) mass is 456 g/mol. The zero-order valence-electron chi connectivity index (χ0n) is 17.9. The molecule has 1 amide bonds. The molecule has 0 radical (unpaired) electrons. The predicted octanol–water partition coefficient (Wildman–Crippen LogP) is 4.72. The van der Waals surface area contributed by atoms with Crippen LogP contribution >= 0.6 is 23.4 Å². The molecule has 1 heterocycles. The van der Waals surface area contributed by atoms with Gasteiger partial charge in [0.15, 0.2) is 16.8 Å². The first kappa shape index (κ1) is 23.0. The molecule has 1 unspecified atom stereocenters. The minimum Gasteiger partial charge on any atom is -0.345 e. The fraction of sp³-hybridized carbons (Fsp3) is 0.304. The SMILES string of the molecule is CC(=O)C(NC(=O)CSc1nnc(-c2ccc(Cl)cc2)n1-c1ccc(C)cc1)C(C)C. The number of nitrogens with one attached hydrogen (secondary N) is 1. The Balaban J connectivity index is 1.88. The van der Waals surface area contributed by atoms with Gasteiger partial charge >= 0.3 is 0 Å². The lowest BCUT2D eigenvalue weighted by atomic mass is 10.0. The van der Waals surface area contributed by atoms with E-state index in [0.29, 0.717) is 16.0 Å². The van der Waals surface area contributed by atoms with E-state index in [1.165, 1.54) is 18.7 Å². The maximum atomic E-state index is 12.5. The van der Waals surface area contributed by atoms with E-state index in [-0.39, 0.29) is 23.4 Å². The number of amides is 1. The van der Waals surface area contributed by atoms with E-state index in [1.807, 2.05) is 61.7 Å². The van der Waals surface area contributed by atoms with Gasteiger partial charge in [0.25, 0.3) is 0 Å². The summed E-state index contributed by atoms with van der Waals surface area (Å²) in [7, 11) is 0. The molecular weight excluding hydrogens is 432 g/mol. The molecule has 162 valence electrons. The molecule has 8 heteroatoms. The number of rotatable bonds is 8. The number of hydrogen-bond donors (Lipinski definition) is 1. The Hall–Kier alpha value is -2.64. The van der Waals surface area contributed by atoms with E-state index < -0.39 is 6.04 Å². The van der Waals surface area contributed by atoms with Crippen LogP contribution in [0, 0.1) is 12.8 Å². The average molecular weight is 457 g/mol. The van der Waals surface area contributed by atoms with Gasteiger partial charge in [0.2, 0.25) is 5.91 Å². The largest absolute Gasteiger partial charge is 0.345 e. The number of aromatic nitrogens is 3. The van der Waals surface area contributed by atoms with Gasteiger partial charge in [-0.1, -0.05) is 54.9 Å². The van der Waals surface area contributed by atoms with Crippen molar-refractivity contribution in [1.82, 2.24) is 20.1 Å². The maximum absolute atomic E-state index is 12.5. The summed E-state index contributed by atoms with van der Waals surface area (Å²) in [5.74, 6) is 0.541. The highest BCUT2D eigenvalue weighted by Crippen LogP contribution is 2.29. The highest BCUT2D eigenvalue weighted by molar-refractivity contribution is 7.99. The van der Waals surface area contributed by atoms with Crippen LogP contribution in [0.3, 0.4) is 0 Å². The number of hydrogen-bond acceptors (Lipinski definition) is 5. The second-order valence-electron chi connectivity index (χ2n) is 7.67. The van der Waals surface area contributed by atoms with Crippen molar-refractivity contribution in [2.24, 2.45) is 5.92 Å². The summed E-state index contributed by atoms with van der Waals surface area (Å²) in [5.41, 5.74) is 2.90. The first-order valence-electron chi connectivity index (χ1n) is 9.97. The fourth-order valence-electron chi connectivity index (χ4n) is 3.16. The number of carbonyl (C=O) groups is 2. The van der Waals surface area contributed by atoms with Gasteiger partial charge in [-0.25, -0.2) is 0 Å². The van der Waals surface area contributed by atoms with Gasteiger partial charge in [0, 0.05) is 16.3 Å². The minimum atomic E-state index is -0.493. The summed E-state index contributed by atoms with van der Waals surface area (Å²) in [6.07, 6.45) is 0. The Kier molecular flexibility index (Phi) is 7.51. The number of Topliss-reactive ketones (excluding diaryl/α,β-unsaturated/α-hetero) is 1. The van der Waals surface area contributed by atoms with Crippen molar-refractivity contribution < 1.29 is 9.59 Å². The molecule has 0 saturated heterocycles. The minimum absolute atomic E-state index is 0.0270. The number of carbonyl (C=O) groups excluding carboxylic acids is 2. The quantitative estimate of drug-likeness (QED) is 0.496. The topological polar surface area (TPSA) is 76.9 Å². The molecule has 1 aromatic heterocycles. The van der Waals surface area contributed by atoms with Crippen LogP contribution in [0.5, 0.6) is 0 Å². The van der Waals surface area contributed by atoms with E-state index in [0.717, 1.165) is 16.8 Å². The summed E-state index contributed by atoms with van der Waals surface area (Å²) in [6, 6.07) is 14.9. The van der Waals surface area contributed by atoms with Crippen LogP contribution in [0.1, 0.15) is 26.3 Å². The summed E-state index contributed by atoms with van der Waals surface area (Å²) in [5, 5.41) is 12.8. The molecule has 0 aliphatic heterocycles. The second-order valence-corrected chi connectivity index (χ2v) is 9.05. The van der Waals surface area contributed by atoms with Gasteiger partial charge in [-0.2, -0.15) is 0 Å². The van der Waals surface area contributed by atoms with Crippen molar-refractivity contribution in [1.29, 1.82) is 0 Å². The Labute approximate surface area is 191 Å². The fourth-order valence-corrected chi connectivity index (χ4v) is 4.05. The number of ketones is 1. The van der Waals surface area contributed by atoms with E-state index in [4.69, 9.17) is 11.6 Å². The van der Waals surface area contributed by atoms with Crippen molar-refractivity contribution in [2.45, 2.75) is 38.9 Å². The van der Waals surface area contributed by atoms with Crippen LogP contribution in [0.15, 0.2) is 53.7 Å². The van der Waals surface area contributed by atoms with Gasteiger partial charge in [-0.3, -0.25) is 14.2 Å². The number of thioether (sulfide) groups is 1. The molecule has 0 spiro atoms. The lowest BCUT2D eigenvalue weighted by Crippen LogP contribution is -2.44. The molecule has 6 nitrogen and oxygen atoms in total. The van der Waals surface area contributed by atoms with Crippen molar-refractivity contribution >= 4 is 35.1 Å². The third kappa shape index (κ3) is 5.74. The molecule has 0 aliphatic carbocycles. The van der Waals surface area contributed by atoms with Crippen molar-refractivity contribution in [3.05, 3.63) is 59.1 Å². The van der Waals surface area contributed by atoms with Crippen LogP contribution < -0.4 is 5.32 Å². The lowest BCUT2D eigenvalue weighted by Gasteiger charge is -2.19. The first-order valence-corrected chi connectivity index (χ1v) is 11.3. The molecule has 2 aromatic carbocycles. The second kappa shape index (κ2) is 10.1. The average Bonchev–Trinajstić information content (AvgIpc) is 3.15. The van der Waals surface area contributed by atoms with Crippen LogP contribution in [-0.4, -0.2) is 38.2 Å². The van der Waals surface area contributed by atoms with Gasteiger partial charge < -0.3 is 5.32 Å². The molecule has 31 heavy (non-hydrogen) atoms. The van der Waals surface area contributed by atoms with Crippen LogP contribution in [0.2, 0.25) is 5.02 Å². The Morgan fingerprint density at radius 1 is 1.06 bits per heavy atom. The van der Waals surface area contributed by atoms with E-state index in [2.05, 4.69) is 15.5 Å². The molecule has 0 saturated carbocycles. The molecule has 1 N–H and O–H groups in total. The smallest absolute Gasteiger partial charge is 0.231 e. The number of aryl methyl sites for hydroxylation is 1. The standard InChI is InChI=1S/C23H25ClN4O2S/c1-14(2)21(16(4)29)25-20(30)13-31-23-27-26-22(17-7-9-18(24)10-8-17)28(23)19-11-5-15(3)6-12-19/h5-12,14,21H,13H2,1-4H3,(H,25,30). The highest BCUT2D eigenvalue weighted by atomic mass is 35.5. The van der Waals surface area contributed by atoms with Crippen molar-refractivity contribution in [2.75, 3.05) is 5.75 Å². The molecule has 3 rings (SSSR count). The summed E-state index contributed by atoms with van der Waals surface area (Å²) in [4.78, 5) is 24.3. The molecule has 1 atom stereocenters. The van der Waals surface area contributed by atoms with Gasteiger partial charge in [-0.15, -0.1) is 10.2 Å². The van der Waals surface area contributed by atoms with Crippen molar-refractivity contribution in [3.63, 3.8) is 0 Å². The number of benzene rings is 2. The van der Waals surface area contributed by atoms with Crippen LogP contribution in [-0.2, 0) is 9.59 Å². The van der Waals surface area contributed by atoms with Gasteiger partial charge in [0.1, 0.15) is 0 Å². The van der Waals surface area contributed by atoms with Gasteiger partial charge in [0.05, 0.1) is 11.8 Å². The molecular formula is C23H25ClN4O2S. The lowest BCUT2D eigenvalue weighted by molar-refractivity contribution is -0.126. The molecule has 0 bridgehead atoms. The Morgan fingerprint density at radius 3 is 2.29 bits per heavy atom. The molecule has 3 aromatic rings. The van der Waals surface area contributed by atoms with E-state index in [1.54, 1.807) is 12.1 Å². The normalized spacial score (nSPS) is 12.1. The Bertz CT molecular complexity index is 1060. The zero-order valence-corrected chi connectivity index (χ0v) is 19.5. The van der Waals surface area contributed by atoms with Crippen molar-refractivity contribution in [3.8, 4) is 17.1 Å². The third-order valence-corrected chi connectivity index (χ3v) is 5.96. The maximum Gasteiger partial charge on any atom is 0.231 e. The number of halogens is 1. The Morgan fingerprint density at radius 2 is 1.71 bits per heavy atom. The summed E-state index contributed by atoms with van der Waals surface area (Å²) >= 11 is 7.31. The summed E-state index contributed by atoms with van der Waals surface area (Å²) in [6.45, 7) is 7.33. The molecule has 0 aliphatic rings.